The molecule has 2 fully saturated rings. The molecule has 16 heavy (non-hydrogen) atoms. The van der Waals surface area contributed by atoms with E-state index < -0.39 is 0 Å². The second-order valence-electron chi connectivity index (χ2n) is 5.82. The Morgan fingerprint density at radius 3 is 2.81 bits per heavy atom. The number of nitrogens with two attached hydrogens (primary N) is 2. The first-order valence-corrected chi connectivity index (χ1v) is 6.68. The molecule has 0 aromatic heterocycles. The van der Waals surface area contributed by atoms with E-state index in [9.17, 15) is 0 Å². The first kappa shape index (κ1) is 11.7. The minimum absolute atomic E-state index is 0.239. The Labute approximate surface area is 98.7 Å². The topological polar surface area (TPSA) is 64.4 Å². The van der Waals surface area contributed by atoms with Crippen LogP contribution in [0, 0.1) is 17.3 Å². The van der Waals surface area contributed by atoms with Crippen LogP contribution in [0.4, 0.5) is 0 Å². The lowest BCUT2D eigenvalue weighted by Gasteiger charge is -2.40. The Bertz CT molecular complexity index is 270. The second kappa shape index (κ2) is 4.64. The molecule has 3 nitrogen and oxygen atoms in total. The van der Waals surface area contributed by atoms with Crippen molar-refractivity contribution < 1.29 is 0 Å². The van der Waals surface area contributed by atoms with Crippen LogP contribution < -0.4 is 11.5 Å². The summed E-state index contributed by atoms with van der Waals surface area (Å²) in [5.41, 5.74) is 11.3. The van der Waals surface area contributed by atoms with E-state index in [0.29, 0.717) is 5.41 Å². The highest BCUT2D eigenvalue weighted by Gasteiger charge is 2.46. The van der Waals surface area contributed by atoms with Crippen LogP contribution in [0.15, 0.2) is 4.99 Å². The van der Waals surface area contributed by atoms with Crippen LogP contribution in [0.25, 0.3) is 0 Å². The van der Waals surface area contributed by atoms with E-state index in [0.717, 1.165) is 18.4 Å². The molecule has 2 aliphatic rings. The number of guanidine groups is 1. The van der Waals surface area contributed by atoms with Crippen LogP contribution in [-0.4, -0.2) is 12.5 Å². The first-order valence-electron chi connectivity index (χ1n) is 6.68. The van der Waals surface area contributed by atoms with Gasteiger partial charge in [-0.3, -0.25) is 4.99 Å². The van der Waals surface area contributed by atoms with Gasteiger partial charge in [-0.2, -0.15) is 0 Å². The average Bonchev–Trinajstić information content (AvgIpc) is 2.55. The SMILES string of the molecule is C[C@]12CCCCC1CC[C@@H]2CCN=C(N)N. The Balaban J connectivity index is 1.92. The van der Waals surface area contributed by atoms with Gasteiger partial charge in [-0.25, -0.2) is 0 Å². The van der Waals surface area contributed by atoms with Gasteiger partial charge in [0.25, 0.3) is 0 Å². The molecule has 0 aromatic rings. The zero-order valence-electron chi connectivity index (χ0n) is 10.4. The molecular weight excluding hydrogens is 198 g/mol. The zero-order valence-corrected chi connectivity index (χ0v) is 10.4. The van der Waals surface area contributed by atoms with Crippen LogP contribution in [-0.2, 0) is 0 Å². The third-order valence-electron chi connectivity index (χ3n) is 5.02. The van der Waals surface area contributed by atoms with E-state index >= 15 is 0 Å². The van der Waals surface area contributed by atoms with Crippen molar-refractivity contribution in [2.75, 3.05) is 6.54 Å². The van der Waals surface area contributed by atoms with E-state index in [1.807, 2.05) is 0 Å². The molecule has 2 saturated carbocycles. The van der Waals surface area contributed by atoms with E-state index in [2.05, 4.69) is 11.9 Å². The number of nitrogens with zero attached hydrogens (tertiary/aromatic N) is 1. The molecule has 1 unspecified atom stereocenters. The zero-order chi connectivity index (χ0) is 11.6. The molecule has 4 N–H and O–H groups in total. The summed E-state index contributed by atoms with van der Waals surface area (Å²) in [4.78, 5) is 4.13. The van der Waals surface area contributed by atoms with Gasteiger partial charge in [-0.15, -0.1) is 0 Å². The molecule has 0 bridgehead atoms. The number of hydrogen-bond donors (Lipinski definition) is 2. The second-order valence-corrected chi connectivity index (χ2v) is 5.82. The Morgan fingerprint density at radius 2 is 2.06 bits per heavy atom. The highest BCUT2D eigenvalue weighted by Crippen LogP contribution is 2.56. The van der Waals surface area contributed by atoms with Crippen molar-refractivity contribution in [2.24, 2.45) is 33.7 Å². The standard InChI is InChI=1S/C13H25N3/c1-13-8-3-2-4-10(13)5-6-11(13)7-9-16-12(14)15/h10-11H,2-9H2,1H3,(H4,14,15,16)/t10?,11-,13+/m1/s1. The lowest BCUT2D eigenvalue weighted by Crippen LogP contribution is -2.32. The lowest BCUT2D eigenvalue weighted by molar-refractivity contribution is 0.0961. The predicted octanol–water partition coefficient (Wildman–Crippen LogP) is 2.26. The molecular formula is C13H25N3. The molecule has 0 amide bonds. The van der Waals surface area contributed by atoms with E-state index in [-0.39, 0.29) is 5.96 Å². The molecule has 0 radical (unpaired) electrons. The normalized spacial score (nSPS) is 38.1. The van der Waals surface area contributed by atoms with Gasteiger partial charge in [0.2, 0.25) is 0 Å². The molecule has 0 heterocycles. The van der Waals surface area contributed by atoms with E-state index in [1.165, 1.54) is 44.9 Å². The molecule has 0 spiro atoms. The van der Waals surface area contributed by atoms with Crippen LogP contribution >= 0.6 is 0 Å². The van der Waals surface area contributed by atoms with E-state index in [4.69, 9.17) is 11.5 Å². The first-order chi connectivity index (χ1) is 7.63. The summed E-state index contributed by atoms with van der Waals surface area (Å²) in [7, 11) is 0. The Hall–Kier alpha value is -0.730. The largest absolute Gasteiger partial charge is 0.370 e. The summed E-state index contributed by atoms with van der Waals surface area (Å²) in [5, 5.41) is 0. The summed E-state index contributed by atoms with van der Waals surface area (Å²) in [6.45, 7) is 3.32. The quantitative estimate of drug-likeness (QED) is 0.569. The fraction of sp³-hybridized carbons (Fsp3) is 0.923. The van der Waals surface area contributed by atoms with Crippen molar-refractivity contribution in [2.45, 2.75) is 51.9 Å². The number of hydrogen-bond acceptors (Lipinski definition) is 1. The maximum absolute atomic E-state index is 5.37. The molecule has 0 aromatic carbocycles. The number of rotatable bonds is 3. The van der Waals surface area contributed by atoms with Crippen molar-refractivity contribution in [1.29, 1.82) is 0 Å². The van der Waals surface area contributed by atoms with Gasteiger partial charge in [0.1, 0.15) is 0 Å². The molecule has 3 heteroatoms. The van der Waals surface area contributed by atoms with Gasteiger partial charge >= 0.3 is 0 Å². The smallest absolute Gasteiger partial charge is 0.185 e. The van der Waals surface area contributed by atoms with Crippen molar-refractivity contribution in [1.82, 2.24) is 0 Å². The van der Waals surface area contributed by atoms with Gasteiger partial charge in [-0.05, 0) is 49.4 Å². The van der Waals surface area contributed by atoms with Gasteiger partial charge in [0.15, 0.2) is 5.96 Å². The summed E-state index contributed by atoms with van der Waals surface area (Å²) in [5.74, 6) is 2.06. The van der Waals surface area contributed by atoms with Gasteiger partial charge in [0.05, 0.1) is 0 Å². The lowest BCUT2D eigenvalue weighted by atomic mass is 9.65. The highest BCUT2D eigenvalue weighted by atomic mass is 15.0. The molecule has 3 atom stereocenters. The fourth-order valence-corrected chi connectivity index (χ4v) is 4.00. The summed E-state index contributed by atoms with van der Waals surface area (Å²) in [6, 6.07) is 0. The highest BCUT2D eigenvalue weighted by molar-refractivity contribution is 5.75. The van der Waals surface area contributed by atoms with Crippen molar-refractivity contribution in [3.05, 3.63) is 0 Å². The molecule has 2 aliphatic carbocycles. The summed E-state index contributed by atoms with van der Waals surface area (Å²) >= 11 is 0. The monoisotopic (exact) mass is 223 g/mol. The summed E-state index contributed by atoms with van der Waals surface area (Å²) < 4.78 is 0. The average molecular weight is 223 g/mol. The Kier molecular flexibility index (Phi) is 3.41. The molecule has 0 aliphatic heterocycles. The summed E-state index contributed by atoms with van der Waals surface area (Å²) in [6.07, 6.45) is 9.74. The van der Waals surface area contributed by atoms with Crippen LogP contribution in [0.1, 0.15) is 51.9 Å². The molecule has 92 valence electrons. The molecule has 2 rings (SSSR count). The van der Waals surface area contributed by atoms with Gasteiger partial charge in [0, 0.05) is 6.54 Å². The minimum Gasteiger partial charge on any atom is -0.370 e. The number of aliphatic imine (C=N–C) groups is 1. The van der Waals surface area contributed by atoms with Crippen molar-refractivity contribution >= 4 is 5.96 Å². The third-order valence-corrected chi connectivity index (χ3v) is 5.02. The fourth-order valence-electron chi connectivity index (χ4n) is 4.00. The maximum Gasteiger partial charge on any atom is 0.185 e. The van der Waals surface area contributed by atoms with Crippen molar-refractivity contribution in [3.8, 4) is 0 Å². The van der Waals surface area contributed by atoms with Gasteiger partial charge in [-0.1, -0.05) is 19.8 Å². The molecule has 0 saturated heterocycles. The van der Waals surface area contributed by atoms with Crippen LogP contribution in [0.2, 0.25) is 0 Å². The third kappa shape index (κ3) is 2.18. The maximum atomic E-state index is 5.37. The van der Waals surface area contributed by atoms with Gasteiger partial charge < -0.3 is 11.5 Å². The Morgan fingerprint density at radius 1 is 1.25 bits per heavy atom. The van der Waals surface area contributed by atoms with E-state index in [1.54, 1.807) is 0 Å². The minimum atomic E-state index is 0.239. The van der Waals surface area contributed by atoms with Crippen LogP contribution in [0.5, 0.6) is 0 Å². The predicted molar refractivity (Wildman–Crippen MR) is 68.1 cm³/mol. The number of fused-ring (bicyclic) bond motifs is 1. The van der Waals surface area contributed by atoms with Crippen LogP contribution in [0.3, 0.4) is 0 Å². The van der Waals surface area contributed by atoms with Crippen molar-refractivity contribution in [3.63, 3.8) is 0 Å².